The summed E-state index contributed by atoms with van der Waals surface area (Å²) in [5, 5.41) is 3.85. The van der Waals surface area contributed by atoms with Crippen LogP contribution in [0.4, 0.5) is 5.69 Å². The van der Waals surface area contributed by atoms with Crippen LogP contribution in [0.2, 0.25) is 0 Å². The highest BCUT2D eigenvalue weighted by atomic mass is 32.2. The number of hydrogen-bond acceptors (Lipinski definition) is 5. The van der Waals surface area contributed by atoms with Crippen LogP contribution in [0.25, 0.3) is 11.3 Å². The predicted octanol–water partition coefficient (Wildman–Crippen LogP) is 4.08. The number of hydrogen-bond donors (Lipinski definition) is 1. The van der Waals surface area contributed by atoms with Crippen LogP contribution in [-0.2, 0) is 10.0 Å². The van der Waals surface area contributed by atoms with Gasteiger partial charge in [0.25, 0.3) is 10.0 Å². The zero-order valence-corrected chi connectivity index (χ0v) is 15.8. The molecule has 1 aromatic heterocycles. The fraction of sp³-hybridized carbons (Fsp3) is 0.211. The first kappa shape index (κ1) is 18.0. The number of anilines is 1. The van der Waals surface area contributed by atoms with E-state index in [1.807, 2.05) is 26.0 Å². The second-order valence-electron chi connectivity index (χ2n) is 6.12. The number of benzene rings is 2. The summed E-state index contributed by atoms with van der Waals surface area (Å²) in [6.07, 6.45) is 0. The van der Waals surface area contributed by atoms with Crippen LogP contribution in [-0.4, -0.2) is 20.7 Å². The molecule has 0 bridgehead atoms. The Morgan fingerprint density at radius 2 is 1.81 bits per heavy atom. The Labute approximate surface area is 152 Å². The van der Waals surface area contributed by atoms with E-state index in [1.165, 1.54) is 7.11 Å². The van der Waals surface area contributed by atoms with E-state index >= 15 is 0 Å². The molecule has 0 aliphatic rings. The van der Waals surface area contributed by atoms with Crippen LogP contribution in [0.5, 0.6) is 5.75 Å². The Balaban J connectivity index is 2.03. The molecule has 7 heteroatoms. The molecule has 1 N–H and O–H groups in total. The first-order chi connectivity index (χ1) is 12.3. The van der Waals surface area contributed by atoms with Gasteiger partial charge in [0.1, 0.15) is 5.75 Å². The lowest BCUT2D eigenvalue weighted by Crippen LogP contribution is -2.15. The van der Waals surface area contributed by atoms with Crippen LogP contribution < -0.4 is 9.46 Å². The zero-order valence-electron chi connectivity index (χ0n) is 15.0. The lowest BCUT2D eigenvalue weighted by Gasteiger charge is -2.14. The summed E-state index contributed by atoms with van der Waals surface area (Å²) < 4.78 is 39.1. The fourth-order valence-corrected chi connectivity index (χ4v) is 3.98. The molecule has 0 spiro atoms. The molecule has 136 valence electrons. The van der Waals surface area contributed by atoms with Crippen molar-refractivity contribution >= 4 is 15.7 Å². The highest BCUT2D eigenvalue weighted by molar-refractivity contribution is 7.92. The Morgan fingerprint density at radius 3 is 2.46 bits per heavy atom. The monoisotopic (exact) mass is 372 g/mol. The van der Waals surface area contributed by atoms with Crippen LogP contribution in [0, 0.1) is 20.8 Å². The van der Waals surface area contributed by atoms with Gasteiger partial charge in [-0.1, -0.05) is 23.4 Å². The van der Waals surface area contributed by atoms with Crippen molar-refractivity contribution in [3.8, 4) is 17.1 Å². The molecule has 1 heterocycles. The molecule has 0 radical (unpaired) electrons. The molecule has 0 fully saturated rings. The average Bonchev–Trinajstić information content (AvgIpc) is 3.01. The summed E-state index contributed by atoms with van der Waals surface area (Å²) in [7, 11) is -2.31. The van der Waals surface area contributed by atoms with Gasteiger partial charge < -0.3 is 9.26 Å². The van der Waals surface area contributed by atoms with Gasteiger partial charge in [0.15, 0.2) is 5.76 Å². The Morgan fingerprint density at radius 1 is 1.04 bits per heavy atom. The van der Waals surface area contributed by atoms with Crippen LogP contribution in [0.3, 0.4) is 0 Å². The maximum atomic E-state index is 13.0. The molecule has 6 nitrogen and oxygen atoms in total. The molecule has 0 amide bonds. The second-order valence-corrected chi connectivity index (χ2v) is 7.77. The molecule has 0 saturated heterocycles. The van der Waals surface area contributed by atoms with Gasteiger partial charge >= 0.3 is 0 Å². The van der Waals surface area contributed by atoms with Gasteiger partial charge in [0, 0.05) is 11.6 Å². The number of aryl methyl sites for hydroxylation is 3. The van der Waals surface area contributed by atoms with Crippen molar-refractivity contribution < 1.29 is 17.7 Å². The van der Waals surface area contributed by atoms with Gasteiger partial charge in [0.05, 0.1) is 23.4 Å². The normalized spacial score (nSPS) is 11.4. The number of nitrogens with zero attached hydrogens (tertiary/aromatic N) is 1. The van der Waals surface area contributed by atoms with Gasteiger partial charge in [-0.25, -0.2) is 8.42 Å². The summed E-state index contributed by atoms with van der Waals surface area (Å²) >= 11 is 0. The third kappa shape index (κ3) is 3.57. The summed E-state index contributed by atoms with van der Waals surface area (Å²) in [5.74, 6) is 0.978. The van der Waals surface area contributed by atoms with Gasteiger partial charge in [-0.15, -0.1) is 0 Å². The second kappa shape index (κ2) is 6.84. The Bertz CT molecular complexity index is 1060. The number of sulfonamides is 1. The largest absolute Gasteiger partial charge is 0.495 e. The van der Waals surface area contributed by atoms with Crippen LogP contribution in [0.15, 0.2) is 51.9 Å². The molecular weight excluding hydrogens is 352 g/mol. The van der Waals surface area contributed by atoms with E-state index in [1.54, 1.807) is 37.3 Å². The summed E-state index contributed by atoms with van der Waals surface area (Å²) in [6.45, 7) is 5.44. The molecule has 2 aromatic carbocycles. The molecule has 3 aromatic rings. The Hall–Kier alpha value is -2.80. The molecule has 0 aliphatic heterocycles. The maximum Gasteiger partial charge on any atom is 0.262 e. The van der Waals surface area contributed by atoms with Crippen molar-refractivity contribution in [2.45, 2.75) is 25.7 Å². The van der Waals surface area contributed by atoms with Crippen LogP contribution in [0.1, 0.15) is 16.8 Å². The third-order valence-electron chi connectivity index (χ3n) is 3.99. The van der Waals surface area contributed by atoms with E-state index in [-0.39, 0.29) is 4.90 Å². The summed E-state index contributed by atoms with van der Waals surface area (Å²) in [6, 6.07) is 12.2. The van der Waals surface area contributed by atoms with Crippen molar-refractivity contribution in [3.63, 3.8) is 0 Å². The quantitative estimate of drug-likeness (QED) is 0.730. The zero-order chi connectivity index (χ0) is 18.9. The molecule has 0 atom stereocenters. The topological polar surface area (TPSA) is 81.4 Å². The van der Waals surface area contributed by atoms with Gasteiger partial charge in [-0.2, -0.15) is 0 Å². The van der Waals surface area contributed by atoms with E-state index in [4.69, 9.17) is 9.26 Å². The number of nitrogens with one attached hydrogen (secondary N) is 1. The fourth-order valence-electron chi connectivity index (χ4n) is 2.64. The number of ether oxygens (including phenoxy) is 1. The van der Waals surface area contributed by atoms with Crippen molar-refractivity contribution in [1.82, 2.24) is 5.16 Å². The maximum absolute atomic E-state index is 13.0. The third-order valence-corrected chi connectivity index (χ3v) is 5.50. The minimum Gasteiger partial charge on any atom is -0.495 e. The van der Waals surface area contributed by atoms with Crippen molar-refractivity contribution in [2.75, 3.05) is 11.8 Å². The molecule has 0 saturated carbocycles. The molecular formula is C19H20N2O4S. The minimum atomic E-state index is -3.81. The van der Waals surface area contributed by atoms with Gasteiger partial charge in [-0.05, 0) is 50.1 Å². The van der Waals surface area contributed by atoms with Crippen molar-refractivity contribution in [1.29, 1.82) is 0 Å². The van der Waals surface area contributed by atoms with Gasteiger partial charge in [-0.3, -0.25) is 4.72 Å². The smallest absolute Gasteiger partial charge is 0.262 e. The van der Waals surface area contributed by atoms with Crippen molar-refractivity contribution in [3.05, 3.63) is 59.3 Å². The van der Waals surface area contributed by atoms with Gasteiger partial charge in [0.2, 0.25) is 0 Å². The number of aromatic nitrogens is 1. The molecule has 26 heavy (non-hydrogen) atoms. The predicted molar refractivity (Wildman–Crippen MR) is 100.0 cm³/mol. The van der Waals surface area contributed by atoms with E-state index in [2.05, 4.69) is 9.88 Å². The first-order valence-electron chi connectivity index (χ1n) is 8.02. The lowest BCUT2D eigenvalue weighted by atomic mass is 10.1. The van der Waals surface area contributed by atoms with E-state index in [9.17, 15) is 8.42 Å². The van der Waals surface area contributed by atoms with Crippen molar-refractivity contribution in [2.24, 2.45) is 0 Å². The minimum absolute atomic E-state index is 0.174. The molecule has 3 rings (SSSR count). The number of rotatable bonds is 5. The SMILES string of the molecule is COc1ccc(C)cc1NS(=O)(=O)c1cc(-c2cc(C)no2)ccc1C. The van der Waals surface area contributed by atoms with E-state index < -0.39 is 10.0 Å². The molecule has 0 unspecified atom stereocenters. The summed E-state index contributed by atoms with van der Waals surface area (Å²) in [4.78, 5) is 0.174. The number of methoxy groups -OCH3 is 1. The van der Waals surface area contributed by atoms with Crippen LogP contribution >= 0.6 is 0 Å². The average molecular weight is 372 g/mol. The highest BCUT2D eigenvalue weighted by Gasteiger charge is 2.20. The van der Waals surface area contributed by atoms with E-state index in [0.717, 1.165) is 11.3 Å². The van der Waals surface area contributed by atoms with E-state index in [0.29, 0.717) is 28.3 Å². The molecule has 0 aliphatic carbocycles. The standard InChI is InChI=1S/C19H20N2O4S/c1-12-5-8-17(24-4)16(9-12)21-26(22,23)19-11-15(7-6-13(19)2)18-10-14(3)20-25-18/h5-11,21H,1-4H3. The highest BCUT2D eigenvalue weighted by Crippen LogP contribution is 2.30. The first-order valence-corrected chi connectivity index (χ1v) is 9.50. The lowest BCUT2D eigenvalue weighted by molar-refractivity contribution is 0.417. The summed E-state index contributed by atoms with van der Waals surface area (Å²) in [5.41, 5.74) is 3.32. The Kier molecular flexibility index (Phi) is 4.73.